The summed E-state index contributed by atoms with van der Waals surface area (Å²) in [4.78, 5) is 15.7. The van der Waals surface area contributed by atoms with E-state index in [1.807, 2.05) is 0 Å². The van der Waals surface area contributed by atoms with Gasteiger partial charge in [-0.1, -0.05) is 0 Å². The molecule has 110 valence electrons. The van der Waals surface area contributed by atoms with Crippen molar-refractivity contribution < 1.29 is 14.3 Å². The quantitative estimate of drug-likeness (QED) is 0.821. The minimum absolute atomic E-state index is 0.162. The number of hydrogen-bond acceptors (Lipinski definition) is 6. The summed E-state index contributed by atoms with van der Waals surface area (Å²) >= 11 is 0. The van der Waals surface area contributed by atoms with E-state index in [-0.39, 0.29) is 17.3 Å². The van der Waals surface area contributed by atoms with Gasteiger partial charge in [0.15, 0.2) is 5.69 Å². The molecule has 3 N–H and O–H groups in total. The molecule has 0 bridgehead atoms. The zero-order chi connectivity index (χ0) is 14.8. The van der Waals surface area contributed by atoms with Gasteiger partial charge in [0.05, 0.1) is 18.4 Å². The third-order valence-electron chi connectivity index (χ3n) is 3.36. The van der Waals surface area contributed by atoms with Gasteiger partial charge in [0.2, 0.25) is 0 Å². The van der Waals surface area contributed by atoms with Crippen LogP contribution in [0.25, 0.3) is 0 Å². The van der Waals surface area contributed by atoms with Crippen LogP contribution >= 0.6 is 0 Å². The highest BCUT2D eigenvalue weighted by molar-refractivity contribution is 5.88. The predicted octanol–water partition coefficient (Wildman–Crippen LogP) is 1.82. The van der Waals surface area contributed by atoms with Crippen LogP contribution in [0.5, 0.6) is 0 Å². The summed E-state index contributed by atoms with van der Waals surface area (Å²) in [5, 5.41) is 3.30. The Bertz CT molecular complexity index is 502. The molecule has 1 atom stereocenters. The molecule has 0 amide bonds. The van der Waals surface area contributed by atoms with Gasteiger partial charge >= 0.3 is 5.97 Å². The first-order valence-electron chi connectivity index (χ1n) is 6.66. The van der Waals surface area contributed by atoms with Crippen molar-refractivity contribution in [3.8, 4) is 0 Å². The van der Waals surface area contributed by atoms with Crippen LogP contribution in [0.4, 0.5) is 11.5 Å². The topological polar surface area (TPSA) is 86.5 Å². The number of methoxy groups -OCH3 is 1. The van der Waals surface area contributed by atoms with Crippen LogP contribution in [0.2, 0.25) is 0 Å². The van der Waals surface area contributed by atoms with E-state index in [2.05, 4.69) is 28.9 Å². The molecule has 1 aliphatic rings. The van der Waals surface area contributed by atoms with E-state index < -0.39 is 5.97 Å². The highest BCUT2D eigenvalue weighted by Gasteiger charge is 2.29. The Balaban J connectivity index is 2.14. The highest BCUT2D eigenvalue weighted by atomic mass is 16.5. The molecule has 0 radical (unpaired) electrons. The van der Waals surface area contributed by atoms with E-state index in [0.29, 0.717) is 18.1 Å². The van der Waals surface area contributed by atoms with Crippen LogP contribution in [0.1, 0.15) is 37.2 Å². The molecule has 2 heterocycles. The van der Waals surface area contributed by atoms with Crippen molar-refractivity contribution in [1.82, 2.24) is 4.98 Å². The molecule has 1 unspecified atom stereocenters. The van der Waals surface area contributed by atoms with Gasteiger partial charge < -0.3 is 20.5 Å². The molecule has 0 saturated carbocycles. The van der Waals surface area contributed by atoms with E-state index in [1.54, 1.807) is 12.1 Å². The predicted molar refractivity (Wildman–Crippen MR) is 76.7 cm³/mol. The summed E-state index contributed by atoms with van der Waals surface area (Å²) in [5.41, 5.74) is 6.51. The lowest BCUT2D eigenvalue weighted by Gasteiger charge is -2.36. The third-order valence-corrected chi connectivity index (χ3v) is 3.36. The molecule has 1 aromatic rings. The SMILES string of the molecule is COC(=O)c1ccc(N)c(NC2CCOC(C)(C)C2)n1. The number of nitrogens with one attached hydrogen (secondary N) is 1. The molecule has 6 nitrogen and oxygen atoms in total. The smallest absolute Gasteiger partial charge is 0.356 e. The normalized spacial score (nSPS) is 21.2. The molecule has 1 aromatic heterocycles. The van der Waals surface area contributed by atoms with Crippen molar-refractivity contribution in [2.24, 2.45) is 0 Å². The number of pyridine rings is 1. The summed E-state index contributed by atoms with van der Waals surface area (Å²) in [6, 6.07) is 3.44. The van der Waals surface area contributed by atoms with Gasteiger partial charge in [-0.05, 0) is 38.8 Å². The van der Waals surface area contributed by atoms with E-state index >= 15 is 0 Å². The number of aromatic nitrogens is 1. The van der Waals surface area contributed by atoms with Crippen molar-refractivity contribution in [2.75, 3.05) is 24.8 Å². The van der Waals surface area contributed by atoms with E-state index in [9.17, 15) is 4.79 Å². The van der Waals surface area contributed by atoms with Gasteiger partial charge in [0.1, 0.15) is 5.82 Å². The Hall–Kier alpha value is -1.82. The molecule has 20 heavy (non-hydrogen) atoms. The van der Waals surface area contributed by atoms with Crippen molar-refractivity contribution in [2.45, 2.75) is 38.3 Å². The average Bonchev–Trinajstić information content (AvgIpc) is 2.39. The molecule has 1 aliphatic heterocycles. The van der Waals surface area contributed by atoms with Crippen LogP contribution < -0.4 is 11.1 Å². The lowest BCUT2D eigenvalue weighted by Crippen LogP contribution is -2.40. The van der Waals surface area contributed by atoms with Gasteiger partial charge in [-0.25, -0.2) is 9.78 Å². The van der Waals surface area contributed by atoms with Gasteiger partial charge in [-0.3, -0.25) is 0 Å². The first-order chi connectivity index (χ1) is 9.41. The Labute approximate surface area is 118 Å². The number of anilines is 2. The number of nitrogens with zero attached hydrogens (tertiary/aromatic N) is 1. The largest absolute Gasteiger partial charge is 0.464 e. The van der Waals surface area contributed by atoms with Crippen molar-refractivity contribution in [3.05, 3.63) is 17.8 Å². The van der Waals surface area contributed by atoms with Crippen LogP contribution in [0.3, 0.4) is 0 Å². The minimum Gasteiger partial charge on any atom is -0.464 e. The highest BCUT2D eigenvalue weighted by Crippen LogP contribution is 2.27. The lowest BCUT2D eigenvalue weighted by atomic mass is 9.94. The second kappa shape index (κ2) is 5.66. The summed E-state index contributed by atoms with van der Waals surface area (Å²) in [5.74, 6) is 0.0518. The number of nitrogen functional groups attached to an aromatic ring is 1. The van der Waals surface area contributed by atoms with Crippen LogP contribution in [-0.2, 0) is 9.47 Å². The van der Waals surface area contributed by atoms with Crippen LogP contribution in [0.15, 0.2) is 12.1 Å². The van der Waals surface area contributed by atoms with Gasteiger partial charge in [0, 0.05) is 12.6 Å². The second-order valence-electron chi connectivity index (χ2n) is 5.57. The molecule has 2 rings (SSSR count). The molecular formula is C14H21N3O3. The van der Waals surface area contributed by atoms with Crippen LogP contribution in [0, 0.1) is 0 Å². The first kappa shape index (κ1) is 14.6. The van der Waals surface area contributed by atoms with Crippen molar-refractivity contribution in [1.29, 1.82) is 0 Å². The van der Waals surface area contributed by atoms with E-state index in [1.165, 1.54) is 7.11 Å². The number of esters is 1. The summed E-state index contributed by atoms with van der Waals surface area (Å²) in [7, 11) is 1.33. The molecule has 1 saturated heterocycles. The number of hydrogen-bond donors (Lipinski definition) is 2. The zero-order valence-electron chi connectivity index (χ0n) is 12.1. The number of ether oxygens (including phenoxy) is 2. The zero-order valence-corrected chi connectivity index (χ0v) is 12.1. The molecule has 1 fully saturated rings. The Kier molecular flexibility index (Phi) is 4.13. The summed E-state index contributed by atoms with van der Waals surface area (Å²) < 4.78 is 10.3. The molecule has 0 spiro atoms. The summed E-state index contributed by atoms with van der Waals surface area (Å²) in [6.07, 6.45) is 1.74. The Morgan fingerprint density at radius 1 is 1.55 bits per heavy atom. The fraction of sp³-hybridized carbons (Fsp3) is 0.571. The first-order valence-corrected chi connectivity index (χ1v) is 6.66. The lowest BCUT2D eigenvalue weighted by molar-refractivity contribution is -0.0553. The average molecular weight is 279 g/mol. The van der Waals surface area contributed by atoms with E-state index in [4.69, 9.17) is 10.5 Å². The van der Waals surface area contributed by atoms with Gasteiger partial charge in [-0.2, -0.15) is 0 Å². The van der Waals surface area contributed by atoms with Gasteiger partial charge in [-0.15, -0.1) is 0 Å². The number of carbonyl (C=O) groups excluding carboxylic acids is 1. The second-order valence-corrected chi connectivity index (χ2v) is 5.57. The summed E-state index contributed by atoms with van der Waals surface area (Å²) in [6.45, 7) is 4.81. The number of nitrogens with two attached hydrogens (primary N) is 1. The molecular weight excluding hydrogens is 258 g/mol. The monoisotopic (exact) mass is 279 g/mol. The fourth-order valence-electron chi connectivity index (χ4n) is 2.35. The van der Waals surface area contributed by atoms with E-state index in [0.717, 1.165) is 12.8 Å². The third kappa shape index (κ3) is 3.39. The Morgan fingerprint density at radius 2 is 2.30 bits per heavy atom. The number of rotatable bonds is 3. The number of carbonyl (C=O) groups is 1. The van der Waals surface area contributed by atoms with Crippen molar-refractivity contribution >= 4 is 17.5 Å². The molecule has 0 aromatic carbocycles. The Morgan fingerprint density at radius 3 is 2.95 bits per heavy atom. The standard InChI is InChI=1S/C14H21N3O3/c1-14(2)8-9(6-7-20-14)16-12-10(15)4-5-11(17-12)13(18)19-3/h4-5,9H,6-8,15H2,1-3H3,(H,16,17). The maximum absolute atomic E-state index is 11.5. The van der Waals surface area contributed by atoms with Crippen LogP contribution in [-0.4, -0.2) is 36.3 Å². The molecule has 6 heteroatoms. The fourth-order valence-corrected chi connectivity index (χ4v) is 2.35. The van der Waals surface area contributed by atoms with Gasteiger partial charge in [0.25, 0.3) is 0 Å². The maximum atomic E-state index is 11.5. The maximum Gasteiger partial charge on any atom is 0.356 e. The molecule has 0 aliphatic carbocycles. The minimum atomic E-state index is -0.472. The van der Waals surface area contributed by atoms with Crippen molar-refractivity contribution in [3.63, 3.8) is 0 Å².